The van der Waals surface area contributed by atoms with E-state index in [1.54, 1.807) is 0 Å². The number of ether oxygens (including phenoxy) is 1. The maximum Gasteiger partial charge on any atom is 0.155 e. The number of hydrogen-bond donors (Lipinski definition) is 1. The number of amidine groups is 1. The maximum absolute atomic E-state index is 14.5. The Morgan fingerprint density at radius 2 is 2.13 bits per heavy atom. The number of nitrogens with zero attached hydrogens (tertiary/aromatic N) is 1. The van der Waals surface area contributed by atoms with Crippen molar-refractivity contribution in [3.8, 4) is 0 Å². The first-order valence-electron chi connectivity index (χ1n) is 8.09. The Balaban J connectivity index is 1.79. The van der Waals surface area contributed by atoms with Crippen molar-refractivity contribution in [3.05, 3.63) is 35.4 Å². The molecule has 6 heteroatoms. The van der Waals surface area contributed by atoms with Crippen molar-refractivity contribution in [1.29, 1.82) is 0 Å². The number of benzene rings is 1. The van der Waals surface area contributed by atoms with E-state index in [2.05, 4.69) is 11.9 Å². The standard InChI is InChI=1S/C17H20F2N2OS/c1-9-13-7-15(10-2-3-10)22-8-17(13,21-16(20)23-9)12-5-4-11(18)6-14(12)19/h4-6,9-10,13,15H,2-3,7-8H2,1H3,(H2,20,21)/t9-,13+,15-,17-/m1/s1. The van der Waals surface area contributed by atoms with E-state index in [-0.39, 0.29) is 17.3 Å². The summed E-state index contributed by atoms with van der Waals surface area (Å²) < 4.78 is 33.9. The van der Waals surface area contributed by atoms with Gasteiger partial charge in [-0.15, -0.1) is 0 Å². The van der Waals surface area contributed by atoms with Gasteiger partial charge in [-0.25, -0.2) is 13.8 Å². The van der Waals surface area contributed by atoms with Crippen molar-refractivity contribution in [2.45, 2.75) is 43.1 Å². The van der Waals surface area contributed by atoms with Crippen LogP contribution in [0.15, 0.2) is 23.2 Å². The highest BCUT2D eigenvalue weighted by atomic mass is 32.2. The average molecular weight is 338 g/mol. The monoisotopic (exact) mass is 338 g/mol. The van der Waals surface area contributed by atoms with Crippen molar-refractivity contribution < 1.29 is 13.5 Å². The summed E-state index contributed by atoms with van der Waals surface area (Å²) in [5, 5.41) is 0.674. The summed E-state index contributed by atoms with van der Waals surface area (Å²) in [5.41, 5.74) is 5.56. The Morgan fingerprint density at radius 3 is 2.83 bits per heavy atom. The smallest absolute Gasteiger partial charge is 0.155 e. The van der Waals surface area contributed by atoms with Gasteiger partial charge < -0.3 is 10.5 Å². The molecule has 4 atom stereocenters. The molecule has 0 spiro atoms. The van der Waals surface area contributed by atoms with Crippen LogP contribution in [0.2, 0.25) is 0 Å². The Morgan fingerprint density at radius 1 is 1.35 bits per heavy atom. The zero-order valence-electron chi connectivity index (χ0n) is 13.0. The third-order valence-electron chi connectivity index (χ3n) is 5.35. The Labute approximate surface area is 138 Å². The van der Waals surface area contributed by atoms with Gasteiger partial charge in [0.15, 0.2) is 5.17 Å². The molecule has 2 fully saturated rings. The minimum atomic E-state index is -0.835. The fourth-order valence-corrected chi connectivity index (χ4v) is 5.12. The summed E-state index contributed by atoms with van der Waals surface area (Å²) in [6.07, 6.45) is 3.51. The zero-order valence-corrected chi connectivity index (χ0v) is 13.8. The largest absolute Gasteiger partial charge is 0.379 e. The van der Waals surface area contributed by atoms with Gasteiger partial charge in [0, 0.05) is 22.8 Å². The summed E-state index contributed by atoms with van der Waals surface area (Å²) >= 11 is 1.54. The molecule has 0 bridgehead atoms. The minimum Gasteiger partial charge on any atom is -0.379 e. The molecule has 1 saturated heterocycles. The molecule has 23 heavy (non-hydrogen) atoms. The van der Waals surface area contributed by atoms with Gasteiger partial charge >= 0.3 is 0 Å². The number of aliphatic imine (C=N–C) groups is 1. The first-order chi connectivity index (χ1) is 11.0. The second-order valence-corrected chi connectivity index (χ2v) is 8.25. The number of hydrogen-bond acceptors (Lipinski definition) is 4. The van der Waals surface area contributed by atoms with Crippen LogP contribution in [0.25, 0.3) is 0 Å². The van der Waals surface area contributed by atoms with Crippen molar-refractivity contribution in [3.63, 3.8) is 0 Å². The molecule has 1 aliphatic carbocycles. The number of halogens is 2. The van der Waals surface area contributed by atoms with Gasteiger partial charge in [-0.3, -0.25) is 0 Å². The van der Waals surface area contributed by atoms with E-state index in [4.69, 9.17) is 10.5 Å². The highest BCUT2D eigenvalue weighted by molar-refractivity contribution is 8.14. The molecular weight excluding hydrogens is 318 g/mol. The summed E-state index contributed by atoms with van der Waals surface area (Å²) in [7, 11) is 0. The number of rotatable bonds is 2. The predicted molar refractivity (Wildman–Crippen MR) is 87.3 cm³/mol. The maximum atomic E-state index is 14.5. The molecule has 0 radical (unpaired) electrons. The lowest BCUT2D eigenvalue weighted by molar-refractivity contribution is -0.0716. The van der Waals surface area contributed by atoms with Crippen molar-refractivity contribution >= 4 is 16.9 Å². The predicted octanol–water partition coefficient (Wildman–Crippen LogP) is 3.43. The number of nitrogens with two attached hydrogens (primary N) is 1. The Bertz CT molecular complexity index is 664. The van der Waals surface area contributed by atoms with Crippen LogP contribution in [0.4, 0.5) is 8.78 Å². The zero-order chi connectivity index (χ0) is 16.2. The third-order valence-corrected chi connectivity index (χ3v) is 6.38. The van der Waals surface area contributed by atoms with Crippen LogP contribution in [-0.2, 0) is 10.3 Å². The molecule has 3 nitrogen and oxygen atoms in total. The van der Waals surface area contributed by atoms with Crippen LogP contribution in [0.1, 0.15) is 31.7 Å². The minimum absolute atomic E-state index is 0.138. The number of fused-ring (bicyclic) bond motifs is 1. The van der Waals surface area contributed by atoms with E-state index in [0.717, 1.165) is 12.5 Å². The fourth-order valence-electron chi connectivity index (χ4n) is 4.02. The second-order valence-electron chi connectivity index (χ2n) is 6.85. The molecule has 2 N–H and O–H groups in total. The van der Waals surface area contributed by atoms with Crippen LogP contribution in [0, 0.1) is 23.5 Å². The van der Waals surface area contributed by atoms with Crippen molar-refractivity contribution in [2.24, 2.45) is 22.6 Å². The highest BCUT2D eigenvalue weighted by Gasteiger charge is 2.53. The third kappa shape index (κ3) is 2.56. The van der Waals surface area contributed by atoms with Crippen LogP contribution in [0.3, 0.4) is 0 Å². The molecular formula is C17H20F2N2OS. The highest BCUT2D eigenvalue weighted by Crippen LogP contribution is 2.52. The Hall–Kier alpha value is -1.14. The first kappa shape index (κ1) is 15.4. The summed E-state index contributed by atoms with van der Waals surface area (Å²) in [5.74, 6) is -0.383. The number of thioether (sulfide) groups is 1. The summed E-state index contributed by atoms with van der Waals surface area (Å²) in [6, 6.07) is 3.71. The molecule has 2 heterocycles. The van der Waals surface area contributed by atoms with E-state index in [1.807, 2.05) is 0 Å². The van der Waals surface area contributed by atoms with Crippen LogP contribution in [0.5, 0.6) is 0 Å². The van der Waals surface area contributed by atoms with Crippen LogP contribution in [-0.4, -0.2) is 23.1 Å². The van der Waals surface area contributed by atoms with Gasteiger partial charge in [-0.2, -0.15) is 0 Å². The summed E-state index contributed by atoms with van der Waals surface area (Å²) in [4.78, 5) is 4.63. The lowest BCUT2D eigenvalue weighted by atomic mass is 9.72. The van der Waals surface area contributed by atoms with Gasteiger partial charge in [0.05, 0.1) is 12.7 Å². The van der Waals surface area contributed by atoms with Gasteiger partial charge in [0.25, 0.3) is 0 Å². The molecule has 1 aromatic rings. The lowest BCUT2D eigenvalue weighted by Crippen LogP contribution is -2.53. The van der Waals surface area contributed by atoms with E-state index in [0.29, 0.717) is 23.3 Å². The van der Waals surface area contributed by atoms with Crippen LogP contribution < -0.4 is 5.73 Å². The van der Waals surface area contributed by atoms with Gasteiger partial charge in [-0.05, 0) is 31.2 Å². The summed E-state index contributed by atoms with van der Waals surface area (Å²) in [6.45, 7) is 2.43. The van der Waals surface area contributed by atoms with Gasteiger partial charge in [-0.1, -0.05) is 24.8 Å². The molecule has 4 rings (SSSR count). The van der Waals surface area contributed by atoms with Crippen LogP contribution >= 0.6 is 11.8 Å². The topological polar surface area (TPSA) is 47.6 Å². The SMILES string of the molecule is C[C@H]1SC(N)=N[C@@]2(c3ccc(F)cc3F)CO[C@@H](C3CC3)C[C@@H]12. The molecule has 1 saturated carbocycles. The molecule has 0 amide bonds. The second kappa shape index (κ2) is 5.45. The quantitative estimate of drug-likeness (QED) is 0.899. The molecule has 124 valence electrons. The van der Waals surface area contributed by atoms with Gasteiger partial charge in [0.1, 0.15) is 17.2 Å². The van der Waals surface area contributed by atoms with E-state index >= 15 is 0 Å². The molecule has 1 aromatic carbocycles. The molecule has 3 aliphatic rings. The molecule has 2 aliphatic heterocycles. The fraction of sp³-hybridized carbons (Fsp3) is 0.588. The van der Waals surface area contributed by atoms with Crippen molar-refractivity contribution in [1.82, 2.24) is 0 Å². The average Bonchev–Trinajstić information content (AvgIpc) is 3.31. The Kier molecular flexibility index (Phi) is 3.65. The van der Waals surface area contributed by atoms with E-state index < -0.39 is 17.2 Å². The molecule has 0 unspecified atom stereocenters. The van der Waals surface area contributed by atoms with Crippen molar-refractivity contribution in [2.75, 3.05) is 6.61 Å². The lowest BCUT2D eigenvalue weighted by Gasteiger charge is -2.49. The van der Waals surface area contributed by atoms with E-state index in [1.165, 1.54) is 36.7 Å². The first-order valence-corrected chi connectivity index (χ1v) is 8.96. The van der Waals surface area contributed by atoms with E-state index in [9.17, 15) is 8.78 Å². The van der Waals surface area contributed by atoms with Gasteiger partial charge in [0.2, 0.25) is 0 Å². The normalized spacial score (nSPS) is 37.2. The molecule has 0 aromatic heterocycles.